The molecule has 0 atom stereocenters. The van der Waals surface area contributed by atoms with Crippen molar-refractivity contribution in [1.82, 2.24) is 9.47 Å². The van der Waals surface area contributed by atoms with Gasteiger partial charge in [-0.15, -0.1) is 0 Å². The van der Waals surface area contributed by atoms with Crippen molar-refractivity contribution in [2.75, 3.05) is 33.4 Å². The van der Waals surface area contributed by atoms with E-state index < -0.39 is 0 Å². The minimum Gasteiger partial charge on any atom is -0.495 e. The van der Waals surface area contributed by atoms with Crippen molar-refractivity contribution in [2.45, 2.75) is 39.7 Å². The van der Waals surface area contributed by atoms with Crippen LogP contribution in [0.4, 0.5) is 0 Å². The number of fused-ring (bicyclic) bond motifs is 1. The summed E-state index contributed by atoms with van der Waals surface area (Å²) < 4.78 is 12.8. The van der Waals surface area contributed by atoms with Crippen LogP contribution in [0.15, 0.2) is 24.4 Å². The van der Waals surface area contributed by atoms with Gasteiger partial charge in [0.1, 0.15) is 5.75 Å². The van der Waals surface area contributed by atoms with Crippen LogP contribution in [0.5, 0.6) is 5.75 Å². The molecule has 0 amide bonds. The number of esters is 1. The summed E-state index contributed by atoms with van der Waals surface area (Å²) in [5, 5.41) is 0.946. The predicted octanol–water partition coefficient (Wildman–Crippen LogP) is 3.52. The van der Waals surface area contributed by atoms with Crippen LogP contribution in [0, 0.1) is 5.92 Å². The highest BCUT2D eigenvalue weighted by Crippen LogP contribution is 2.30. The first-order valence-electron chi connectivity index (χ1n) is 10.1. The standard InChI is InChI=1S/C22H30N2O4/c1-4-28-22(26)17-9-13-23(14-10-17)11-6-12-24-15-19(16(2)25)18-7-5-8-20(27-3)21(18)24/h5,7-8,15,17H,4,6,9-14H2,1-3H3. The highest BCUT2D eigenvalue weighted by atomic mass is 16.5. The first-order chi connectivity index (χ1) is 13.5. The van der Waals surface area contributed by atoms with E-state index in [1.54, 1.807) is 14.0 Å². The Morgan fingerprint density at radius 2 is 1.93 bits per heavy atom. The van der Waals surface area contributed by atoms with Crippen LogP contribution in [0.2, 0.25) is 0 Å². The number of aromatic nitrogens is 1. The second kappa shape index (κ2) is 9.24. The number of methoxy groups -OCH3 is 1. The van der Waals surface area contributed by atoms with Gasteiger partial charge in [0.05, 0.1) is 25.2 Å². The van der Waals surface area contributed by atoms with Crippen molar-refractivity contribution < 1.29 is 19.1 Å². The molecule has 1 aliphatic heterocycles. The molecule has 1 aliphatic rings. The van der Waals surface area contributed by atoms with Gasteiger partial charge in [0.15, 0.2) is 5.78 Å². The van der Waals surface area contributed by atoms with Crippen LogP contribution >= 0.6 is 0 Å². The summed E-state index contributed by atoms with van der Waals surface area (Å²) in [4.78, 5) is 26.3. The molecule has 2 heterocycles. The summed E-state index contributed by atoms with van der Waals surface area (Å²) >= 11 is 0. The highest BCUT2D eigenvalue weighted by molar-refractivity contribution is 6.08. The molecular formula is C22H30N2O4. The third kappa shape index (κ3) is 4.38. The average molecular weight is 386 g/mol. The van der Waals surface area contributed by atoms with Crippen molar-refractivity contribution in [3.05, 3.63) is 30.0 Å². The quantitative estimate of drug-likeness (QED) is 0.513. The van der Waals surface area contributed by atoms with E-state index in [0.717, 1.165) is 67.7 Å². The Hall–Kier alpha value is -2.34. The van der Waals surface area contributed by atoms with Crippen LogP contribution in [-0.4, -0.2) is 54.6 Å². The fourth-order valence-corrected chi connectivity index (χ4v) is 4.06. The molecule has 6 heteroatoms. The van der Waals surface area contributed by atoms with E-state index in [1.807, 2.05) is 31.3 Å². The van der Waals surface area contributed by atoms with Crippen molar-refractivity contribution in [1.29, 1.82) is 0 Å². The van der Waals surface area contributed by atoms with Gasteiger partial charge in [-0.05, 0) is 58.8 Å². The minimum absolute atomic E-state index is 0.0481. The molecule has 1 aromatic heterocycles. The third-order valence-corrected chi connectivity index (χ3v) is 5.54. The zero-order valence-electron chi connectivity index (χ0n) is 17.1. The number of ether oxygens (including phenoxy) is 2. The van der Waals surface area contributed by atoms with Gasteiger partial charge in [-0.25, -0.2) is 0 Å². The van der Waals surface area contributed by atoms with E-state index in [4.69, 9.17) is 9.47 Å². The number of Topliss-reactive ketones (excluding diaryl/α,β-unsaturated/α-hetero) is 1. The van der Waals surface area contributed by atoms with Crippen molar-refractivity contribution in [2.24, 2.45) is 5.92 Å². The molecule has 3 rings (SSSR count). The number of para-hydroxylation sites is 1. The van der Waals surface area contributed by atoms with Crippen LogP contribution in [0.25, 0.3) is 10.9 Å². The monoisotopic (exact) mass is 386 g/mol. The Kier molecular flexibility index (Phi) is 6.73. The number of piperidine rings is 1. The maximum absolute atomic E-state index is 12.0. The van der Waals surface area contributed by atoms with Crippen molar-refractivity contribution in [3.63, 3.8) is 0 Å². The number of ketones is 1. The van der Waals surface area contributed by atoms with E-state index in [2.05, 4.69) is 9.47 Å². The topological polar surface area (TPSA) is 60.8 Å². The first kappa shape index (κ1) is 20.4. The number of hydrogen-bond acceptors (Lipinski definition) is 5. The zero-order valence-corrected chi connectivity index (χ0v) is 17.1. The lowest BCUT2D eigenvalue weighted by Gasteiger charge is -2.30. The number of likely N-dealkylation sites (tertiary alicyclic amines) is 1. The molecule has 0 aliphatic carbocycles. The van der Waals surface area contributed by atoms with E-state index in [0.29, 0.717) is 6.61 Å². The van der Waals surface area contributed by atoms with Crippen molar-refractivity contribution in [3.8, 4) is 5.75 Å². The van der Waals surface area contributed by atoms with Crippen LogP contribution in [0.3, 0.4) is 0 Å². The molecule has 2 aromatic rings. The van der Waals surface area contributed by atoms with Crippen LogP contribution < -0.4 is 4.74 Å². The van der Waals surface area contributed by atoms with Gasteiger partial charge >= 0.3 is 5.97 Å². The maximum atomic E-state index is 12.0. The molecule has 0 N–H and O–H groups in total. The largest absolute Gasteiger partial charge is 0.495 e. The number of hydrogen-bond donors (Lipinski definition) is 0. The second-order valence-corrected chi connectivity index (χ2v) is 7.37. The Bertz CT molecular complexity index is 834. The van der Waals surface area contributed by atoms with Crippen molar-refractivity contribution >= 4 is 22.7 Å². The lowest BCUT2D eigenvalue weighted by atomic mass is 9.97. The zero-order chi connectivity index (χ0) is 20.1. The first-order valence-corrected chi connectivity index (χ1v) is 10.1. The molecule has 0 unspecified atom stereocenters. The summed E-state index contributed by atoms with van der Waals surface area (Å²) in [6, 6.07) is 5.83. The number of benzene rings is 1. The van der Waals surface area contributed by atoms with E-state index in [1.165, 1.54) is 0 Å². The smallest absolute Gasteiger partial charge is 0.309 e. The number of aryl methyl sites for hydroxylation is 1. The Labute approximate surface area is 166 Å². The van der Waals surface area contributed by atoms with Gasteiger partial charge in [0.25, 0.3) is 0 Å². The highest BCUT2D eigenvalue weighted by Gasteiger charge is 2.25. The molecule has 6 nitrogen and oxygen atoms in total. The van der Waals surface area contributed by atoms with Crippen LogP contribution in [-0.2, 0) is 16.1 Å². The molecule has 1 fully saturated rings. The number of carbonyl (C=O) groups is 2. The van der Waals surface area contributed by atoms with E-state index in [-0.39, 0.29) is 17.7 Å². The maximum Gasteiger partial charge on any atom is 0.309 e. The third-order valence-electron chi connectivity index (χ3n) is 5.54. The van der Waals surface area contributed by atoms with Gasteiger partial charge in [-0.2, -0.15) is 0 Å². The molecule has 0 radical (unpaired) electrons. The number of rotatable bonds is 8. The lowest BCUT2D eigenvalue weighted by molar-refractivity contribution is -0.149. The second-order valence-electron chi connectivity index (χ2n) is 7.37. The SMILES string of the molecule is CCOC(=O)C1CCN(CCCn2cc(C(C)=O)c3cccc(OC)c32)CC1. The van der Waals surface area contributed by atoms with Gasteiger partial charge in [-0.3, -0.25) is 9.59 Å². The molecule has 1 aromatic carbocycles. The lowest BCUT2D eigenvalue weighted by Crippen LogP contribution is -2.37. The molecule has 0 bridgehead atoms. The van der Waals surface area contributed by atoms with Gasteiger partial charge < -0.3 is 18.9 Å². The molecule has 0 spiro atoms. The summed E-state index contributed by atoms with van der Waals surface area (Å²) in [5.41, 5.74) is 1.72. The molecule has 0 saturated carbocycles. The Morgan fingerprint density at radius 1 is 1.18 bits per heavy atom. The van der Waals surface area contributed by atoms with Gasteiger partial charge in [-0.1, -0.05) is 12.1 Å². The molecule has 1 saturated heterocycles. The molecule has 28 heavy (non-hydrogen) atoms. The number of carbonyl (C=O) groups excluding carboxylic acids is 2. The summed E-state index contributed by atoms with van der Waals surface area (Å²) in [5.74, 6) is 0.857. The molecule has 152 valence electrons. The molecular weight excluding hydrogens is 356 g/mol. The normalized spacial score (nSPS) is 15.7. The minimum atomic E-state index is -0.0511. The van der Waals surface area contributed by atoms with Crippen LogP contribution in [0.1, 0.15) is 43.5 Å². The van der Waals surface area contributed by atoms with E-state index >= 15 is 0 Å². The summed E-state index contributed by atoms with van der Waals surface area (Å²) in [6.45, 7) is 7.56. The Morgan fingerprint density at radius 3 is 2.57 bits per heavy atom. The number of nitrogens with zero attached hydrogens (tertiary/aromatic N) is 2. The Balaban J connectivity index is 1.61. The van der Waals surface area contributed by atoms with Gasteiger partial charge in [0, 0.05) is 23.7 Å². The van der Waals surface area contributed by atoms with Gasteiger partial charge in [0.2, 0.25) is 0 Å². The predicted molar refractivity (Wildman–Crippen MR) is 109 cm³/mol. The summed E-state index contributed by atoms with van der Waals surface area (Å²) in [6.07, 6.45) is 4.66. The summed E-state index contributed by atoms with van der Waals surface area (Å²) in [7, 11) is 1.66. The fraction of sp³-hybridized carbons (Fsp3) is 0.545. The fourth-order valence-electron chi connectivity index (χ4n) is 4.06. The van der Waals surface area contributed by atoms with E-state index in [9.17, 15) is 9.59 Å². The average Bonchev–Trinajstić information content (AvgIpc) is 3.08.